The van der Waals surface area contributed by atoms with Gasteiger partial charge in [0.15, 0.2) is 5.78 Å². The standard InChI is InChI=1S/C14H11BrN2O3/c15-11-6-4-10(5-7-11)14(18)9-16-12-2-1-3-13(8-12)17(19)20/h1-8,16H,9H2. The molecule has 0 saturated heterocycles. The third-order valence-electron chi connectivity index (χ3n) is 2.68. The van der Waals surface area contributed by atoms with Crippen molar-refractivity contribution in [1.29, 1.82) is 0 Å². The van der Waals surface area contributed by atoms with Crippen molar-refractivity contribution in [3.63, 3.8) is 0 Å². The number of carbonyl (C=O) groups is 1. The lowest BCUT2D eigenvalue weighted by Gasteiger charge is -2.05. The van der Waals surface area contributed by atoms with E-state index in [-0.39, 0.29) is 18.0 Å². The molecule has 0 unspecified atom stereocenters. The van der Waals surface area contributed by atoms with E-state index in [1.807, 2.05) is 0 Å². The SMILES string of the molecule is O=C(CNc1cccc([N+](=O)[O-])c1)c1ccc(Br)cc1. The van der Waals surface area contributed by atoms with Crippen molar-refractivity contribution in [1.82, 2.24) is 0 Å². The minimum absolute atomic E-state index is 0.00825. The molecule has 0 saturated carbocycles. The molecule has 5 nitrogen and oxygen atoms in total. The van der Waals surface area contributed by atoms with E-state index in [1.165, 1.54) is 12.1 Å². The van der Waals surface area contributed by atoms with Crippen LogP contribution in [0.5, 0.6) is 0 Å². The molecule has 2 rings (SSSR count). The average Bonchev–Trinajstić information content (AvgIpc) is 2.46. The minimum Gasteiger partial charge on any atom is -0.377 e. The molecule has 0 aliphatic rings. The Bertz CT molecular complexity index is 641. The van der Waals surface area contributed by atoms with Crippen LogP contribution in [0.1, 0.15) is 10.4 Å². The van der Waals surface area contributed by atoms with Crippen LogP contribution < -0.4 is 5.32 Å². The second-order valence-electron chi connectivity index (χ2n) is 4.09. The Morgan fingerprint density at radius 1 is 1.20 bits per heavy atom. The number of hydrogen-bond donors (Lipinski definition) is 1. The fraction of sp³-hybridized carbons (Fsp3) is 0.0714. The maximum atomic E-state index is 11.9. The highest BCUT2D eigenvalue weighted by molar-refractivity contribution is 9.10. The molecule has 2 aromatic rings. The second-order valence-corrected chi connectivity index (χ2v) is 5.01. The molecule has 20 heavy (non-hydrogen) atoms. The first-order valence-corrected chi connectivity index (χ1v) is 6.62. The summed E-state index contributed by atoms with van der Waals surface area (Å²) < 4.78 is 0.903. The summed E-state index contributed by atoms with van der Waals surface area (Å²) in [6.45, 7) is 0.0861. The quantitative estimate of drug-likeness (QED) is 0.514. The van der Waals surface area contributed by atoms with Crippen molar-refractivity contribution in [3.05, 3.63) is 68.7 Å². The number of ketones is 1. The zero-order chi connectivity index (χ0) is 14.5. The zero-order valence-corrected chi connectivity index (χ0v) is 12.0. The summed E-state index contributed by atoms with van der Waals surface area (Å²) in [6.07, 6.45) is 0. The van der Waals surface area contributed by atoms with Crippen molar-refractivity contribution in [2.24, 2.45) is 0 Å². The number of nitrogens with one attached hydrogen (secondary N) is 1. The van der Waals surface area contributed by atoms with Crippen LogP contribution in [0.3, 0.4) is 0 Å². The number of anilines is 1. The molecule has 0 aliphatic heterocycles. The van der Waals surface area contributed by atoms with Gasteiger partial charge in [0.2, 0.25) is 0 Å². The number of nitro groups is 1. The van der Waals surface area contributed by atoms with Crippen LogP contribution in [0.2, 0.25) is 0 Å². The summed E-state index contributed by atoms with van der Waals surface area (Å²) in [7, 11) is 0. The Morgan fingerprint density at radius 3 is 2.55 bits per heavy atom. The van der Waals surface area contributed by atoms with Crippen LogP contribution in [0.4, 0.5) is 11.4 Å². The maximum Gasteiger partial charge on any atom is 0.271 e. The van der Waals surface area contributed by atoms with Gasteiger partial charge in [0.05, 0.1) is 11.5 Å². The third kappa shape index (κ3) is 3.64. The largest absolute Gasteiger partial charge is 0.377 e. The van der Waals surface area contributed by atoms with Crippen molar-refractivity contribution >= 4 is 33.1 Å². The number of halogens is 1. The minimum atomic E-state index is -0.471. The predicted octanol–water partition coefficient (Wildman–Crippen LogP) is 3.65. The number of nitro benzene ring substituents is 1. The Morgan fingerprint density at radius 2 is 1.90 bits per heavy atom. The van der Waals surface area contributed by atoms with Crippen LogP contribution in [-0.2, 0) is 0 Å². The number of nitrogens with zero attached hydrogens (tertiary/aromatic N) is 1. The lowest BCUT2D eigenvalue weighted by Crippen LogP contribution is -2.13. The number of rotatable bonds is 5. The smallest absolute Gasteiger partial charge is 0.271 e. The van der Waals surface area contributed by atoms with Gasteiger partial charge in [0.1, 0.15) is 0 Å². The number of benzene rings is 2. The number of hydrogen-bond acceptors (Lipinski definition) is 4. The van der Waals surface area contributed by atoms with Gasteiger partial charge in [-0.05, 0) is 18.2 Å². The number of non-ortho nitro benzene ring substituents is 1. The van der Waals surface area contributed by atoms with Gasteiger partial charge in [-0.2, -0.15) is 0 Å². The van der Waals surface area contributed by atoms with E-state index < -0.39 is 4.92 Å². The van der Waals surface area contributed by atoms with E-state index in [0.717, 1.165) is 4.47 Å². The number of Topliss-reactive ketones (excluding diaryl/α,β-unsaturated/α-hetero) is 1. The molecule has 0 bridgehead atoms. The first-order chi connectivity index (χ1) is 9.56. The Kier molecular flexibility index (Phi) is 4.47. The van der Waals surface area contributed by atoms with Gasteiger partial charge in [-0.3, -0.25) is 14.9 Å². The lowest BCUT2D eigenvalue weighted by atomic mass is 10.1. The van der Waals surface area contributed by atoms with Gasteiger partial charge in [-0.15, -0.1) is 0 Å². The van der Waals surface area contributed by atoms with Crippen LogP contribution >= 0.6 is 15.9 Å². The van der Waals surface area contributed by atoms with Crippen molar-refractivity contribution in [2.45, 2.75) is 0 Å². The van der Waals surface area contributed by atoms with Crippen LogP contribution in [-0.4, -0.2) is 17.3 Å². The Labute approximate surface area is 123 Å². The van der Waals surface area contributed by atoms with Gasteiger partial charge in [0, 0.05) is 27.9 Å². The summed E-state index contributed by atoms with van der Waals surface area (Å²) in [5.74, 6) is -0.0796. The van der Waals surface area contributed by atoms with E-state index in [2.05, 4.69) is 21.2 Å². The van der Waals surface area contributed by atoms with E-state index in [1.54, 1.807) is 36.4 Å². The summed E-state index contributed by atoms with van der Waals surface area (Å²) in [5.41, 5.74) is 1.13. The Hall–Kier alpha value is -2.21. The van der Waals surface area contributed by atoms with E-state index >= 15 is 0 Å². The molecule has 0 atom stereocenters. The molecule has 0 aromatic heterocycles. The van der Waals surface area contributed by atoms with Crippen LogP contribution in [0, 0.1) is 10.1 Å². The maximum absolute atomic E-state index is 11.9. The molecule has 0 amide bonds. The third-order valence-corrected chi connectivity index (χ3v) is 3.20. The van der Waals surface area contributed by atoms with Gasteiger partial charge in [-0.1, -0.05) is 34.1 Å². The van der Waals surface area contributed by atoms with E-state index in [4.69, 9.17) is 0 Å². The molecule has 0 radical (unpaired) electrons. The van der Waals surface area contributed by atoms with Gasteiger partial charge >= 0.3 is 0 Å². The molecule has 102 valence electrons. The molecule has 0 spiro atoms. The highest BCUT2D eigenvalue weighted by Crippen LogP contribution is 2.17. The highest BCUT2D eigenvalue weighted by atomic mass is 79.9. The molecule has 1 N–H and O–H groups in total. The fourth-order valence-electron chi connectivity index (χ4n) is 1.65. The summed E-state index contributed by atoms with van der Waals surface area (Å²) >= 11 is 3.30. The van der Waals surface area contributed by atoms with E-state index in [9.17, 15) is 14.9 Å². The first kappa shape index (κ1) is 14.2. The van der Waals surface area contributed by atoms with Gasteiger partial charge in [-0.25, -0.2) is 0 Å². The predicted molar refractivity (Wildman–Crippen MR) is 80.1 cm³/mol. The molecule has 0 aliphatic carbocycles. The van der Waals surface area contributed by atoms with Crippen LogP contribution in [0.15, 0.2) is 53.0 Å². The second kappa shape index (κ2) is 6.29. The van der Waals surface area contributed by atoms with Crippen molar-refractivity contribution in [2.75, 3.05) is 11.9 Å². The Balaban J connectivity index is 2.01. The number of carbonyl (C=O) groups excluding carboxylic acids is 1. The highest BCUT2D eigenvalue weighted by Gasteiger charge is 2.08. The molecule has 6 heteroatoms. The van der Waals surface area contributed by atoms with Crippen LogP contribution in [0.25, 0.3) is 0 Å². The molecular formula is C14H11BrN2O3. The lowest BCUT2D eigenvalue weighted by molar-refractivity contribution is -0.384. The normalized spacial score (nSPS) is 10.1. The topological polar surface area (TPSA) is 72.2 Å². The summed E-state index contributed by atoms with van der Waals surface area (Å²) in [6, 6.07) is 13.1. The van der Waals surface area contributed by atoms with Gasteiger partial charge < -0.3 is 5.32 Å². The first-order valence-electron chi connectivity index (χ1n) is 5.83. The van der Waals surface area contributed by atoms with Gasteiger partial charge in [0.25, 0.3) is 5.69 Å². The zero-order valence-electron chi connectivity index (χ0n) is 10.4. The molecule has 0 fully saturated rings. The molecular weight excluding hydrogens is 324 g/mol. The average molecular weight is 335 g/mol. The fourth-order valence-corrected chi connectivity index (χ4v) is 1.91. The monoisotopic (exact) mass is 334 g/mol. The summed E-state index contributed by atoms with van der Waals surface area (Å²) in [4.78, 5) is 22.1. The molecule has 2 aromatic carbocycles. The van der Waals surface area contributed by atoms with Crippen molar-refractivity contribution in [3.8, 4) is 0 Å². The van der Waals surface area contributed by atoms with Crippen molar-refractivity contribution < 1.29 is 9.72 Å². The molecule has 0 heterocycles. The van der Waals surface area contributed by atoms with E-state index in [0.29, 0.717) is 11.3 Å². The summed E-state index contributed by atoms with van der Waals surface area (Å²) in [5, 5.41) is 13.5.